The van der Waals surface area contributed by atoms with Crippen LogP contribution < -0.4 is 5.73 Å². The highest BCUT2D eigenvalue weighted by molar-refractivity contribution is 7.90. The maximum Gasteiger partial charge on any atom is 0.412 e. The molecule has 4 aromatic rings. The summed E-state index contributed by atoms with van der Waals surface area (Å²) in [7, 11) is -3.47. The van der Waals surface area contributed by atoms with E-state index in [1.165, 1.54) is 36.7 Å². The molecule has 0 aliphatic heterocycles. The Balaban J connectivity index is 1.82. The molecule has 0 spiro atoms. The second kappa shape index (κ2) is 8.43. The Morgan fingerprint density at radius 3 is 2.39 bits per heavy atom. The number of esters is 1. The van der Waals surface area contributed by atoms with Gasteiger partial charge in [-0.25, -0.2) is 27.4 Å². The minimum Gasteiger partial charge on any atom is -0.373 e. The predicted molar refractivity (Wildman–Crippen MR) is 117 cm³/mol. The van der Waals surface area contributed by atoms with E-state index in [1.54, 1.807) is 28.8 Å². The number of carbonyl (C=O) groups is 2. The topological polar surface area (TPSA) is 134 Å². The van der Waals surface area contributed by atoms with E-state index in [2.05, 4.69) is 14.7 Å². The molecule has 0 atom stereocenters. The van der Waals surface area contributed by atoms with Gasteiger partial charge < -0.3 is 15.0 Å². The summed E-state index contributed by atoms with van der Waals surface area (Å²) in [5.74, 6) is -1.31. The van der Waals surface area contributed by atoms with Crippen molar-refractivity contribution in [2.75, 3.05) is 6.26 Å². The lowest BCUT2D eigenvalue weighted by atomic mass is 10.2. The summed E-state index contributed by atoms with van der Waals surface area (Å²) < 4.78 is 43.4. The fourth-order valence-corrected chi connectivity index (χ4v) is 3.87. The largest absolute Gasteiger partial charge is 0.412 e. The molecule has 0 bridgehead atoms. The number of fused-ring (bicyclic) bond motifs is 1. The van der Waals surface area contributed by atoms with Crippen LogP contribution >= 0.6 is 0 Å². The van der Waals surface area contributed by atoms with Crippen LogP contribution in [0.2, 0.25) is 0 Å². The first-order valence-electron chi connectivity index (χ1n) is 9.53. The standard InChI is InChI=1S/C22H17FN4O5S/c1-33(30,31)17-8-15-9-19(18-7-4-14(10-25-18)21(28)32-22(24)29)27(20(15)26-11-17)12-13-2-5-16(23)6-3-13/h2-11H,12H2,1H3,(H2,24,29). The molecular formula is C22H17FN4O5S. The number of benzene rings is 1. The van der Waals surface area contributed by atoms with Crippen molar-refractivity contribution >= 4 is 32.9 Å². The Morgan fingerprint density at radius 2 is 1.79 bits per heavy atom. The smallest absolute Gasteiger partial charge is 0.373 e. The number of nitrogens with zero attached hydrogens (tertiary/aromatic N) is 3. The lowest BCUT2D eigenvalue weighted by Crippen LogP contribution is -2.18. The Hall–Kier alpha value is -4.12. The van der Waals surface area contributed by atoms with Crippen molar-refractivity contribution < 1.29 is 27.1 Å². The second-order valence-corrected chi connectivity index (χ2v) is 9.25. The zero-order valence-corrected chi connectivity index (χ0v) is 18.0. The Morgan fingerprint density at radius 1 is 1.06 bits per heavy atom. The van der Waals surface area contributed by atoms with Crippen molar-refractivity contribution in [2.24, 2.45) is 5.73 Å². The minimum absolute atomic E-state index is 0.0243. The van der Waals surface area contributed by atoms with Crippen molar-refractivity contribution in [2.45, 2.75) is 11.4 Å². The van der Waals surface area contributed by atoms with Crippen molar-refractivity contribution in [1.29, 1.82) is 0 Å². The van der Waals surface area contributed by atoms with Crippen LogP contribution in [0.3, 0.4) is 0 Å². The van der Waals surface area contributed by atoms with E-state index >= 15 is 0 Å². The molecule has 4 rings (SSSR count). The molecule has 0 saturated carbocycles. The molecule has 0 radical (unpaired) electrons. The second-order valence-electron chi connectivity index (χ2n) is 7.24. The van der Waals surface area contributed by atoms with Gasteiger partial charge in [-0.05, 0) is 42.0 Å². The fourth-order valence-electron chi connectivity index (χ4n) is 3.29. The van der Waals surface area contributed by atoms with E-state index in [4.69, 9.17) is 5.73 Å². The molecule has 3 heterocycles. The zero-order valence-electron chi connectivity index (χ0n) is 17.2. The highest BCUT2D eigenvalue weighted by atomic mass is 32.2. The number of amides is 1. The van der Waals surface area contributed by atoms with Crippen LogP contribution in [0.15, 0.2) is 65.8 Å². The van der Waals surface area contributed by atoms with Gasteiger partial charge in [0.25, 0.3) is 0 Å². The van der Waals surface area contributed by atoms with E-state index in [0.717, 1.165) is 11.8 Å². The normalized spacial score (nSPS) is 11.5. The fraction of sp³-hybridized carbons (Fsp3) is 0.0909. The third kappa shape index (κ3) is 4.72. The SMILES string of the molecule is CS(=O)(=O)c1cnc2c(c1)cc(-c1ccc(C(=O)OC(N)=O)cn1)n2Cc1ccc(F)cc1. The van der Waals surface area contributed by atoms with Crippen LogP contribution in [-0.2, 0) is 21.1 Å². The molecule has 0 aliphatic carbocycles. The van der Waals surface area contributed by atoms with Gasteiger partial charge >= 0.3 is 12.1 Å². The van der Waals surface area contributed by atoms with E-state index in [1.807, 2.05) is 0 Å². The van der Waals surface area contributed by atoms with Gasteiger partial charge in [0, 0.05) is 30.6 Å². The summed E-state index contributed by atoms with van der Waals surface area (Å²) in [5.41, 5.74) is 7.21. The van der Waals surface area contributed by atoms with Gasteiger partial charge in [-0.2, -0.15) is 0 Å². The highest BCUT2D eigenvalue weighted by Crippen LogP contribution is 2.29. The average molecular weight is 468 g/mol. The molecule has 0 fully saturated rings. The average Bonchev–Trinajstić information content (AvgIpc) is 3.12. The van der Waals surface area contributed by atoms with Crippen molar-refractivity contribution in [3.8, 4) is 11.4 Å². The Bertz CT molecular complexity index is 1480. The van der Waals surface area contributed by atoms with E-state index in [-0.39, 0.29) is 16.3 Å². The number of aromatic nitrogens is 3. The predicted octanol–water partition coefficient (Wildman–Crippen LogP) is 2.92. The van der Waals surface area contributed by atoms with Gasteiger partial charge in [-0.1, -0.05) is 12.1 Å². The van der Waals surface area contributed by atoms with Gasteiger partial charge in [0.2, 0.25) is 0 Å². The molecule has 33 heavy (non-hydrogen) atoms. The van der Waals surface area contributed by atoms with Crippen LogP contribution in [-0.4, -0.2) is 41.3 Å². The van der Waals surface area contributed by atoms with Crippen molar-refractivity contribution in [3.63, 3.8) is 0 Å². The number of nitrogens with two attached hydrogens (primary N) is 1. The summed E-state index contributed by atoms with van der Waals surface area (Å²) in [6.07, 6.45) is 2.38. The summed E-state index contributed by atoms with van der Waals surface area (Å²) in [6.45, 7) is 0.303. The quantitative estimate of drug-likeness (QED) is 0.351. The molecule has 11 heteroatoms. The monoisotopic (exact) mass is 468 g/mol. The van der Waals surface area contributed by atoms with E-state index in [0.29, 0.717) is 29.0 Å². The van der Waals surface area contributed by atoms with Crippen LogP contribution in [0.4, 0.5) is 9.18 Å². The van der Waals surface area contributed by atoms with Gasteiger partial charge in [0.15, 0.2) is 9.84 Å². The molecule has 3 aromatic heterocycles. The molecule has 9 nitrogen and oxygen atoms in total. The molecule has 0 aliphatic rings. The highest BCUT2D eigenvalue weighted by Gasteiger charge is 2.18. The van der Waals surface area contributed by atoms with E-state index < -0.39 is 21.9 Å². The first-order valence-corrected chi connectivity index (χ1v) is 11.4. The lowest BCUT2D eigenvalue weighted by Gasteiger charge is -2.11. The molecular weight excluding hydrogens is 451 g/mol. The van der Waals surface area contributed by atoms with Crippen molar-refractivity contribution in [1.82, 2.24) is 14.5 Å². The first-order chi connectivity index (χ1) is 15.6. The number of rotatable bonds is 5. The number of hydrogen-bond acceptors (Lipinski definition) is 7. The third-order valence-electron chi connectivity index (χ3n) is 4.85. The van der Waals surface area contributed by atoms with Gasteiger partial charge in [0.05, 0.1) is 21.8 Å². The maximum atomic E-state index is 13.3. The number of ether oxygens (including phenoxy) is 1. The summed E-state index contributed by atoms with van der Waals surface area (Å²) in [4.78, 5) is 31.3. The molecule has 0 unspecified atom stereocenters. The van der Waals surface area contributed by atoms with Gasteiger partial charge in [0.1, 0.15) is 11.5 Å². The van der Waals surface area contributed by atoms with Gasteiger partial charge in [-0.15, -0.1) is 0 Å². The molecule has 1 aromatic carbocycles. The molecule has 1 amide bonds. The number of sulfone groups is 1. The van der Waals surface area contributed by atoms with Crippen LogP contribution in [0.25, 0.3) is 22.4 Å². The van der Waals surface area contributed by atoms with Crippen LogP contribution in [0.1, 0.15) is 15.9 Å². The van der Waals surface area contributed by atoms with Crippen LogP contribution in [0.5, 0.6) is 0 Å². The van der Waals surface area contributed by atoms with Gasteiger partial charge in [-0.3, -0.25) is 4.98 Å². The number of halogens is 1. The molecule has 0 saturated heterocycles. The summed E-state index contributed by atoms with van der Waals surface area (Å²) in [5, 5.41) is 0.564. The number of carbonyl (C=O) groups excluding carboxylic acids is 2. The Labute approximate surface area is 187 Å². The number of pyridine rings is 2. The molecule has 168 valence electrons. The molecule has 2 N–H and O–H groups in total. The number of hydrogen-bond donors (Lipinski definition) is 1. The summed E-state index contributed by atoms with van der Waals surface area (Å²) in [6, 6.07) is 12.2. The maximum absolute atomic E-state index is 13.3. The minimum atomic E-state index is -3.47. The Kier molecular flexibility index (Phi) is 5.64. The van der Waals surface area contributed by atoms with Crippen molar-refractivity contribution in [3.05, 3.63) is 77.9 Å². The first kappa shape index (κ1) is 22.1. The third-order valence-corrected chi connectivity index (χ3v) is 5.93. The van der Waals surface area contributed by atoms with Crippen LogP contribution in [0, 0.1) is 5.82 Å². The van der Waals surface area contributed by atoms with E-state index in [9.17, 15) is 22.4 Å². The lowest BCUT2D eigenvalue weighted by molar-refractivity contribution is 0.0638. The number of primary amides is 1. The summed E-state index contributed by atoms with van der Waals surface area (Å²) >= 11 is 0. The zero-order chi connectivity index (χ0) is 23.8.